The molecule has 2 aromatic rings. The normalized spacial score (nSPS) is 22.6. The number of anilines is 1. The predicted molar refractivity (Wildman–Crippen MR) is 82.3 cm³/mol. The van der Waals surface area contributed by atoms with E-state index >= 15 is 0 Å². The van der Waals surface area contributed by atoms with Gasteiger partial charge in [0.25, 0.3) is 0 Å². The molecule has 3 heteroatoms. The fourth-order valence-electron chi connectivity index (χ4n) is 3.09. The highest BCUT2D eigenvalue weighted by Gasteiger charge is 2.23. The minimum atomic E-state index is 0.463. The lowest BCUT2D eigenvalue weighted by Gasteiger charge is -2.25. The quantitative estimate of drug-likeness (QED) is 0.894. The Morgan fingerprint density at radius 2 is 1.90 bits per heavy atom. The van der Waals surface area contributed by atoms with Gasteiger partial charge < -0.3 is 5.73 Å². The summed E-state index contributed by atoms with van der Waals surface area (Å²) in [7, 11) is 0. The molecular weight excluding hydrogens is 246 g/mol. The van der Waals surface area contributed by atoms with E-state index in [1.54, 1.807) is 0 Å². The van der Waals surface area contributed by atoms with E-state index in [0.717, 1.165) is 23.0 Å². The van der Waals surface area contributed by atoms with Crippen molar-refractivity contribution < 1.29 is 0 Å². The molecule has 0 saturated heterocycles. The summed E-state index contributed by atoms with van der Waals surface area (Å²) in [5, 5.41) is 0. The van der Waals surface area contributed by atoms with Gasteiger partial charge in [-0.15, -0.1) is 0 Å². The zero-order valence-electron chi connectivity index (χ0n) is 11.9. The van der Waals surface area contributed by atoms with Crippen LogP contribution in [0.5, 0.6) is 0 Å². The van der Waals surface area contributed by atoms with Gasteiger partial charge in [-0.2, -0.15) is 0 Å². The first-order chi connectivity index (χ1) is 9.72. The number of nitrogens with zero attached hydrogens (tertiary/aromatic N) is 2. The van der Waals surface area contributed by atoms with Crippen molar-refractivity contribution in [1.82, 2.24) is 9.97 Å². The molecule has 0 bridgehead atoms. The maximum Gasteiger partial charge on any atom is 0.134 e. The highest BCUT2D eigenvalue weighted by molar-refractivity contribution is 5.61. The molecule has 1 aromatic heterocycles. The lowest BCUT2D eigenvalue weighted by molar-refractivity contribution is 0.335. The Labute approximate surface area is 120 Å². The topological polar surface area (TPSA) is 51.8 Å². The fraction of sp³-hybridized carbons (Fsp3) is 0.412. The smallest absolute Gasteiger partial charge is 0.134 e. The molecule has 104 valence electrons. The van der Waals surface area contributed by atoms with Crippen LogP contribution in [-0.2, 0) is 0 Å². The Bertz CT molecular complexity index is 580. The van der Waals surface area contributed by atoms with Crippen molar-refractivity contribution in [2.75, 3.05) is 5.73 Å². The molecule has 0 aliphatic heterocycles. The maximum atomic E-state index is 5.99. The molecular formula is C17H21N3. The van der Waals surface area contributed by atoms with E-state index in [0.29, 0.717) is 11.7 Å². The molecule has 1 aliphatic carbocycles. The van der Waals surface area contributed by atoms with Crippen LogP contribution in [0.4, 0.5) is 5.82 Å². The highest BCUT2D eigenvalue weighted by atomic mass is 15.0. The van der Waals surface area contributed by atoms with Crippen molar-refractivity contribution in [1.29, 1.82) is 0 Å². The van der Waals surface area contributed by atoms with Crippen LogP contribution in [0.3, 0.4) is 0 Å². The highest BCUT2D eigenvalue weighted by Crippen LogP contribution is 2.35. The molecule has 20 heavy (non-hydrogen) atoms. The van der Waals surface area contributed by atoms with E-state index in [9.17, 15) is 0 Å². The van der Waals surface area contributed by atoms with Gasteiger partial charge >= 0.3 is 0 Å². The number of rotatable bonds is 2. The van der Waals surface area contributed by atoms with Crippen LogP contribution in [-0.4, -0.2) is 9.97 Å². The van der Waals surface area contributed by atoms with Crippen LogP contribution in [0, 0.1) is 5.92 Å². The largest absolute Gasteiger partial charge is 0.384 e. The molecule has 1 fully saturated rings. The molecule has 2 unspecified atom stereocenters. The average Bonchev–Trinajstić information content (AvgIpc) is 2.47. The first-order valence-electron chi connectivity index (χ1n) is 7.42. The lowest BCUT2D eigenvalue weighted by atomic mass is 9.82. The van der Waals surface area contributed by atoms with Gasteiger partial charge in [-0.05, 0) is 18.8 Å². The SMILES string of the molecule is CC1CCCC(c2nc(N)cc(-c3ccccc3)n2)C1. The third-order valence-corrected chi connectivity index (χ3v) is 4.13. The predicted octanol–water partition coefficient (Wildman–Crippen LogP) is 4.02. The number of hydrogen-bond acceptors (Lipinski definition) is 3. The third-order valence-electron chi connectivity index (χ3n) is 4.13. The van der Waals surface area contributed by atoms with E-state index in [4.69, 9.17) is 10.7 Å². The average molecular weight is 267 g/mol. The standard InChI is InChI=1S/C17H21N3/c1-12-6-5-9-14(10-12)17-19-15(11-16(18)20-17)13-7-3-2-4-8-13/h2-4,7-8,11-12,14H,5-6,9-10H2,1H3,(H2,18,19,20). The van der Waals surface area contributed by atoms with E-state index in [2.05, 4.69) is 24.0 Å². The van der Waals surface area contributed by atoms with Gasteiger partial charge in [0.15, 0.2) is 0 Å². The van der Waals surface area contributed by atoms with Gasteiger partial charge in [0.05, 0.1) is 5.69 Å². The van der Waals surface area contributed by atoms with E-state index < -0.39 is 0 Å². The Morgan fingerprint density at radius 3 is 2.65 bits per heavy atom. The van der Waals surface area contributed by atoms with Crippen LogP contribution in [0.25, 0.3) is 11.3 Å². The fourth-order valence-corrected chi connectivity index (χ4v) is 3.09. The van der Waals surface area contributed by atoms with E-state index in [-0.39, 0.29) is 0 Å². The van der Waals surface area contributed by atoms with Gasteiger partial charge in [0.2, 0.25) is 0 Å². The number of nitrogens with two attached hydrogens (primary N) is 1. The van der Waals surface area contributed by atoms with Crippen LogP contribution in [0.2, 0.25) is 0 Å². The molecule has 0 spiro atoms. The first-order valence-corrected chi connectivity index (χ1v) is 7.42. The van der Waals surface area contributed by atoms with Gasteiger partial charge in [-0.25, -0.2) is 9.97 Å². The van der Waals surface area contributed by atoms with E-state index in [1.165, 1.54) is 25.7 Å². The molecule has 1 aromatic carbocycles. The molecule has 2 atom stereocenters. The summed E-state index contributed by atoms with van der Waals surface area (Å²) in [6.07, 6.45) is 4.95. The Morgan fingerprint density at radius 1 is 1.10 bits per heavy atom. The molecule has 0 amide bonds. The summed E-state index contributed by atoms with van der Waals surface area (Å²) < 4.78 is 0. The molecule has 1 saturated carbocycles. The summed E-state index contributed by atoms with van der Waals surface area (Å²) in [6.45, 7) is 2.32. The van der Waals surface area contributed by atoms with Gasteiger partial charge in [0, 0.05) is 17.5 Å². The number of aromatic nitrogens is 2. The summed E-state index contributed by atoms with van der Waals surface area (Å²) in [4.78, 5) is 9.25. The van der Waals surface area contributed by atoms with Gasteiger partial charge in [-0.3, -0.25) is 0 Å². The second-order valence-electron chi connectivity index (χ2n) is 5.87. The number of hydrogen-bond donors (Lipinski definition) is 1. The Hall–Kier alpha value is -1.90. The molecule has 3 rings (SSSR count). The second-order valence-corrected chi connectivity index (χ2v) is 5.87. The Kier molecular flexibility index (Phi) is 3.68. The summed E-state index contributed by atoms with van der Waals surface area (Å²) >= 11 is 0. The monoisotopic (exact) mass is 267 g/mol. The summed E-state index contributed by atoms with van der Waals surface area (Å²) in [5.74, 6) is 2.73. The van der Waals surface area contributed by atoms with Crippen LogP contribution in [0.1, 0.15) is 44.3 Å². The van der Waals surface area contributed by atoms with Gasteiger partial charge in [0.1, 0.15) is 11.6 Å². The summed E-state index contributed by atoms with van der Waals surface area (Å²) in [6, 6.07) is 12.1. The van der Waals surface area contributed by atoms with Gasteiger partial charge in [-0.1, -0.05) is 50.1 Å². The third kappa shape index (κ3) is 2.82. The molecule has 2 N–H and O–H groups in total. The minimum Gasteiger partial charge on any atom is -0.384 e. The lowest BCUT2D eigenvalue weighted by Crippen LogP contribution is -2.15. The van der Waals surface area contributed by atoms with Crippen LogP contribution in [0.15, 0.2) is 36.4 Å². The Balaban J connectivity index is 1.94. The van der Waals surface area contributed by atoms with Crippen LogP contribution < -0.4 is 5.73 Å². The van der Waals surface area contributed by atoms with Crippen molar-refractivity contribution in [3.05, 3.63) is 42.2 Å². The maximum absolute atomic E-state index is 5.99. The van der Waals surface area contributed by atoms with Crippen molar-refractivity contribution in [3.8, 4) is 11.3 Å². The van der Waals surface area contributed by atoms with Crippen molar-refractivity contribution in [3.63, 3.8) is 0 Å². The number of nitrogen functional groups attached to an aromatic ring is 1. The molecule has 0 radical (unpaired) electrons. The van der Waals surface area contributed by atoms with Crippen molar-refractivity contribution in [2.45, 2.75) is 38.5 Å². The minimum absolute atomic E-state index is 0.463. The van der Waals surface area contributed by atoms with Crippen molar-refractivity contribution >= 4 is 5.82 Å². The number of benzene rings is 1. The second kappa shape index (κ2) is 5.61. The van der Waals surface area contributed by atoms with Crippen LogP contribution >= 0.6 is 0 Å². The zero-order chi connectivity index (χ0) is 13.9. The molecule has 1 aliphatic rings. The zero-order valence-corrected chi connectivity index (χ0v) is 11.9. The molecule has 3 nitrogen and oxygen atoms in total. The summed E-state index contributed by atoms with van der Waals surface area (Å²) in [5.41, 5.74) is 8.03. The van der Waals surface area contributed by atoms with E-state index in [1.807, 2.05) is 24.3 Å². The van der Waals surface area contributed by atoms with Crippen molar-refractivity contribution in [2.24, 2.45) is 5.92 Å². The molecule has 1 heterocycles. The first kappa shape index (κ1) is 13.1.